The number of benzene rings is 4. The van der Waals surface area contributed by atoms with Gasteiger partial charge < -0.3 is 4.57 Å². The van der Waals surface area contributed by atoms with Crippen LogP contribution in [0.3, 0.4) is 0 Å². The molecule has 5 rings (SSSR count). The van der Waals surface area contributed by atoms with Gasteiger partial charge in [-0.15, -0.1) is 0 Å². The molecule has 0 aliphatic rings. The lowest BCUT2D eigenvalue weighted by molar-refractivity contribution is 1.18. The smallest absolute Gasteiger partial charge is 0.0541 e. The molecule has 0 saturated heterocycles. The van der Waals surface area contributed by atoms with Crippen LogP contribution in [-0.4, -0.2) is 4.57 Å². The fourth-order valence-electron chi connectivity index (χ4n) is 3.91. The Balaban J connectivity index is 1.90. The van der Waals surface area contributed by atoms with Crippen LogP contribution in [-0.2, 0) is 0 Å². The first-order valence-corrected chi connectivity index (χ1v) is 8.97. The molecule has 5 aromatic rings. The second kappa shape index (κ2) is 5.89. The van der Waals surface area contributed by atoms with Crippen molar-refractivity contribution in [3.05, 3.63) is 103 Å². The number of hydrogen-bond donors (Lipinski definition) is 0. The normalized spacial score (nSPS) is 11.3. The molecule has 124 valence electrons. The van der Waals surface area contributed by atoms with Gasteiger partial charge in [-0.1, -0.05) is 84.4 Å². The third-order valence-corrected chi connectivity index (χ3v) is 5.05. The molecule has 0 spiro atoms. The van der Waals surface area contributed by atoms with Gasteiger partial charge in [0.1, 0.15) is 0 Å². The van der Waals surface area contributed by atoms with Crippen LogP contribution in [0.25, 0.3) is 38.6 Å². The predicted molar refractivity (Wildman–Crippen MR) is 111 cm³/mol. The first-order valence-electron chi connectivity index (χ1n) is 8.97. The van der Waals surface area contributed by atoms with Crippen molar-refractivity contribution >= 4 is 21.8 Å². The second-order valence-electron chi connectivity index (χ2n) is 6.76. The molecule has 1 heterocycles. The summed E-state index contributed by atoms with van der Waals surface area (Å²) in [6.07, 6.45) is 0. The van der Waals surface area contributed by atoms with E-state index in [1.807, 2.05) is 0 Å². The topological polar surface area (TPSA) is 4.93 Å². The molecule has 0 amide bonds. The SMILES string of the molecule is Cc1cccc(-c2ccccc2-n2c3ccccc3c3ccccc32)c1. The van der Waals surface area contributed by atoms with E-state index in [4.69, 9.17) is 0 Å². The van der Waals surface area contributed by atoms with Crippen molar-refractivity contribution < 1.29 is 0 Å². The van der Waals surface area contributed by atoms with E-state index < -0.39 is 0 Å². The molecule has 26 heavy (non-hydrogen) atoms. The lowest BCUT2D eigenvalue weighted by Crippen LogP contribution is -1.97. The molecule has 0 fully saturated rings. The second-order valence-corrected chi connectivity index (χ2v) is 6.76. The van der Waals surface area contributed by atoms with Crippen LogP contribution in [0.1, 0.15) is 5.56 Å². The molecular weight excluding hydrogens is 314 g/mol. The molecular formula is C25H19N. The highest BCUT2D eigenvalue weighted by atomic mass is 15.0. The van der Waals surface area contributed by atoms with Crippen molar-refractivity contribution in [1.82, 2.24) is 4.57 Å². The van der Waals surface area contributed by atoms with Crippen molar-refractivity contribution in [2.24, 2.45) is 0 Å². The van der Waals surface area contributed by atoms with Gasteiger partial charge in [0, 0.05) is 16.3 Å². The molecule has 0 saturated carbocycles. The Bertz CT molecular complexity index is 1190. The number of fused-ring (bicyclic) bond motifs is 3. The average molecular weight is 333 g/mol. The van der Waals surface area contributed by atoms with E-state index >= 15 is 0 Å². The summed E-state index contributed by atoms with van der Waals surface area (Å²) >= 11 is 0. The number of rotatable bonds is 2. The summed E-state index contributed by atoms with van der Waals surface area (Å²) in [5.41, 5.74) is 7.49. The minimum Gasteiger partial charge on any atom is -0.309 e. The number of nitrogens with zero attached hydrogens (tertiary/aromatic N) is 1. The summed E-state index contributed by atoms with van der Waals surface area (Å²) < 4.78 is 2.39. The summed E-state index contributed by atoms with van der Waals surface area (Å²) in [5.74, 6) is 0. The van der Waals surface area contributed by atoms with Crippen molar-refractivity contribution in [2.75, 3.05) is 0 Å². The molecule has 1 aromatic heterocycles. The van der Waals surface area contributed by atoms with Gasteiger partial charge in [-0.25, -0.2) is 0 Å². The van der Waals surface area contributed by atoms with Gasteiger partial charge in [0.15, 0.2) is 0 Å². The molecule has 1 heteroatoms. The Kier molecular flexibility index (Phi) is 3.39. The van der Waals surface area contributed by atoms with Crippen LogP contribution < -0.4 is 0 Å². The molecule has 0 aliphatic carbocycles. The quantitative estimate of drug-likeness (QED) is 0.336. The van der Waals surface area contributed by atoms with Crippen LogP contribution in [0, 0.1) is 6.92 Å². The highest BCUT2D eigenvalue weighted by molar-refractivity contribution is 6.09. The van der Waals surface area contributed by atoms with Gasteiger partial charge in [-0.3, -0.25) is 0 Å². The summed E-state index contributed by atoms with van der Waals surface area (Å²) in [6.45, 7) is 2.15. The maximum atomic E-state index is 2.39. The highest BCUT2D eigenvalue weighted by Gasteiger charge is 2.14. The van der Waals surface area contributed by atoms with Crippen LogP contribution in [0.5, 0.6) is 0 Å². The van der Waals surface area contributed by atoms with E-state index in [0.717, 1.165) is 0 Å². The van der Waals surface area contributed by atoms with E-state index in [2.05, 4.69) is 109 Å². The van der Waals surface area contributed by atoms with E-state index in [-0.39, 0.29) is 0 Å². The maximum Gasteiger partial charge on any atom is 0.0541 e. The Morgan fingerprint density at radius 3 is 1.88 bits per heavy atom. The summed E-state index contributed by atoms with van der Waals surface area (Å²) in [5, 5.41) is 2.59. The van der Waals surface area contributed by atoms with Crippen molar-refractivity contribution in [2.45, 2.75) is 6.92 Å². The van der Waals surface area contributed by atoms with E-state index in [0.29, 0.717) is 0 Å². The van der Waals surface area contributed by atoms with Gasteiger partial charge in [0.25, 0.3) is 0 Å². The Morgan fingerprint density at radius 2 is 1.19 bits per heavy atom. The number of aryl methyl sites for hydroxylation is 1. The Morgan fingerprint density at radius 1 is 0.577 bits per heavy atom. The fraction of sp³-hybridized carbons (Fsp3) is 0.0400. The van der Waals surface area contributed by atoms with Crippen LogP contribution in [0.2, 0.25) is 0 Å². The van der Waals surface area contributed by atoms with Crippen LogP contribution in [0.15, 0.2) is 97.1 Å². The predicted octanol–water partition coefficient (Wildman–Crippen LogP) is 6.76. The lowest BCUT2D eigenvalue weighted by Gasteiger charge is -2.14. The minimum absolute atomic E-state index is 1.22. The van der Waals surface area contributed by atoms with Gasteiger partial charge in [-0.2, -0.15) is 0 Å². The van der Waals surface area contributed by atoms with E-state index in [9.17, 15) is 0 Å². The van der Waals surface area contributed by atoms with Gasteiger partial charge in [0.05, 0.1) is 16.7 Å². The monoisotopic (exact) mass is 333 g/mol. The Labute approximate surface area is 153 Å². The van der Waals surface area contributed by atoms with Crippen LogP contribution in [0.4, 0.5) is 0 Å². The van der Waals surface area contributed by atoms with Crippen LogP contribution >= 0.6 is 0 Å². The van der Waals surface area contributed by atoms with Crippen molar-refractivity contribution in [1.29, 1.82) is 0 Å². The number of hydrogen-bond acceptors (Lipinski definition) is 0. The molecule has 0 N–H and O–H groups in total. The van der Waals surface area contributed by atoms with Crippen molar-refractivity contribution in [3.8, 4) is 16.8 Å². The first kappa shape index (κ1) is 15.0. The summed E-state index contributed by atoms with van der Waals surface area (Å²) in [7, 11) is 0. The van der Waals surface area contributed by atoms with E-state index in [1.165, 1.54) is 44.2 Å². The summed E-state index contributed by atoms with van der Waals surface area (Å²) in [6, 6.07) is 34.7. The van der Waals surface area contributed by atoms with Gasteiger partial charge >= 0.3 is 0 Å². The molecule has 0 unspecified atom stereocenters. The minimum atomic E-state index is 1.22. The standard InChI is InChI=1S/C25H19N/c1-18-9-8-10-19(17-18)20-11-2-5-14-23(20)26-24-15-6-3-12-21(24)22-13-4-7-16-25(22)26/h2-17H,1H3. The zero-order chi connectivity index (χ0) is 17.5. The summed E-state index contributed by atoms with van der Waals surface area (Å²) in [4.78, 5) is 0. The zero-order valence-corrected chi connectivity index (χ0v) is 14.7. The third-order valence-electron chi connectivity index (χ3n) is 5.05. The Hall–Kier alpha value is -3.32. The van der Waals surface area contributed by atoms with Gasteiger partial charge in [-0.05, 0) is 30.7 Å². The molecule has 0 radical (unpaired) electrons. The molecule has 0 aliphatic heterocycles. The largest absolute Gasteiger partial charge is 0.309 e. The molecule has 0 bridgehead atoms. The molecule has 4 aromatic carbocycles. The van der Waals surface area contributed by atoms with Crippen molar-refractivity contribution in [3.63, 3.8) is 0 Å². The third kappa shape index (κ3) is 2.25. The first-order chi connectivity index (χ1) is 12.8. The lowest BCUT2D eigenvalue weighted by atomic mass is 10.0. The van der Waals surface area contributed by atoms with Gasteiger partial charge in [0.2, 0.25) is 0 Å². The average Bonchev–Trinajstić information content (AvgIpc) is 3.02. The zero-order valence-electron chi connectivity index (χ0n) is 14.7. The molecule has 1 nitrogen and oxygen atoms in total. The van der Waals surface area contributed by atoms with E-state index in [1.54, 1.807) is 0 Å². The maximum absolute atomic E-state index is 2.39. The fourth-order valence-corrected chi connectivity index (χ4v) is 3.91. The number of para-hydroxylation sites is 3. The number of aromatic nitrogens is 1. The molecule has 0 atom stereocenters. The highest BCUT2D eigenvalue weighted by Crippen LogP contribution is 2.35.